The third-order valence-corrected chi connectivity index (χ3v) is 5.55. The van der Waals surface area contributed by atoms with Gasteiger partial charge in [-0.1, -0.05) is 29.4 Å². The number of anilines is 1. The largest absolute Gasteiger partial charge is 0.325 e. The Morgan fingerprint density at radius 2 is 2.04 bits per heavy atom. The first-order valence-electron chi connectivity index (χ1n) is 8.70. The summed E-state index contributed by atoms with van der Waals surface area (Å²) in [5.41, 5.74) is 1.66. The maximum absolute atomic E-state index is 12.6. The van der Waals surface area contributed by atoms with Crippen molar-refractivity contribution in [1.82, 2.24) is 19.7 Å². The van der Waals surface area contributed by atoms with Crippen LogP contribution < -0.4 is 5.32 Å². The van der Waals surface area contributed by atoms with Crippen molar-refractivity contribution >= 4 is 35.0 Å². The van der Waals surface area contributed by atoms with E-state index in [1.54, 1.807) is 30.6 Å². The molecule has 0 unspecified atom stereocenters. The molecule has 1 saturated carbocycles. The van der Waals surface area contributed by atoms with Crippen molar-refractivity contribution in [1.29, 1.82) is 0 Å². The van der Waals surface area contributed by atoms with E-state index in [0.717, 1.165) is 29.4 Å². The standard InChI is InChI=1S/C19H18ClN5OS/c1-12(18(26)22-15-4-2-3-14(20)11-15)27-19-24-23-17(25(19)16-5-6-16)13-7-9-21-10-8-13/h2-4,7-12,16H,5-6H2,1H3,(H,22,26)/t12-/m0/s1. The van der Waals surface area contributed by atoms with Gasteiger partial charge in [-0.15, -0.1) is 10.2 Å². The zero-order valence-corrected chi connectivity index (χ0v) is 16.2. The number of thioether (sulfide) groups is 1. The van der Waals surface area contributed by atoms with E-state index < -0.39 is 0 Å². The Kier molecular flexibility index (Phi) is 5.13. The molecule has 1 fully saturated rings. The number of halogens is 1. The molecule has 4 rings (SSSR count). The van der Waals surface area contributed by atoms with Gasteiger partial charge >= 0.3 is 0 Å². The Hall–Kier alpha value is -2.38. The molecule has 0 saturated heterocycles. The van der Waals surface area contributed by atoms with Crippen molar-refractivity contribution in [2.24, 2.45) is 0 Å². The third-order valence-electron chi connectivity index (χ3n) is 4.26. The third kappa shape index (κ3) is 4.14. The van der Waals surface area contributed by atoms with Gasteiger partial charge in [0.15, 0.2) is 11.0 Å². The van der Waals surface area contributed by atoms with Crippen molar-refractivity contribution in [2.75, 3.05) is 5.32 Å². The molecule has 6 nitrogen and oxygen atoms in total. The van der Waals surface area contributed by atoms with E-state index in [2.05, 4.69) is 25.1 Å². The highest BCUT2D eigenvalue weighted by Gasteiger charge is 2.31. The number of nitrogens with zero attached hydrogens (tertiary/aromatic N) is 4. The van der Waals surface area contributed by atoms with Crippen LogP contribution in [0.15, 0.2) is 53.9 Å². The number of rotatable bonds is 6. The number of carbonyl (C=O) groups is 1. The second-order valence-electron chi connectivity index (χ2n) is 6.40. The molecule has 2 heterocycles. The molecule has 27 heavy (non-hydrogen) atoms. The molecule has 0 spiro atoms. The number of pyridine rings is 1. The monoisotopic (exact) mass is 399 g/mol. The summed E-state index contributed by atoms with van der Waals surface area (Å²) in [5, 5.41) is 12.6. The molecule has 0 radical (unpaired) electrons. The van der Waals surface area contributed by atoms with Gasteiger partial charge in [0, 0.05) is 34.7 Å². The summed E-state index contributed by atoms with van der Waals surface area (Å²) in [7, 11) is 0. The first-order chi connectivity index (χ1) is 13.1. The average molecular weight is 400 g/mol. The lowest BCUT2D eigenvalue weighted by atomic mass is 10.2. The van der Waals surface area contributed by atoms with Crippen LogP contribution in [0.25, 0.3) is 11.4 Å². The molecule has 2 aromatic heterocycles. The van der Waals surface area contributed by atoms with E-state index in [9.17, 15) is 4.79 Å². The van der Waals surface area contributed by atoms with E-state index >= 15 is 0 Å². The van der Waals surface area contributed by atoms with Crippen LogP contribution >= 0.6 is 23.4 Å². The summed E-state index contributed by atoms with van der Waals surface area (Å²) in [5.74, 6) is 0.725. The number of nitrogens with one attached hydrogen (secondary N) is 1. The summed E-state index contributed by atoms with van der Waals surface area (Å²) in [6.45, 7) is 1.86. The van der Waals surface area contributed by atoms with E-state index in [-0.39, 0.29) is 11.2 Å². The van der Waals surface area contributed by atoms with Crippen LogP contribution in [0.1, 0.15) is 25.8 Å². The van der Waals surface area contributed by atoms with Crippen molar-refractivity contribution in [3.63, 3.8) is 0 Å². The summed E-state index contributed by atoms with van der Waals surface area (Å²) in [6.07, 6.45) is 5.70. The lowest BCUT2D eigenvalue weighted by Crippen LogP contribution is -2.22. The van der Waals surface area contributed by atoms with Gasteiger partial charge in [0.05, 0.1) is 5.25 Å². The highest BCUT2D eigenvalue weighted by molar-refractivity contribution is 8.00. The maximum Gasteiger partial charge on any atom is 0.237 e. The number of carbonyl (C=O) groups excluding carboxylic acids is 1. The second-order valence-corrected chi connectivity index (χ2v) is 8.15. The molecule has 1 aromatic carbocycles. The molecule has 0 bridgehead atoms. The van der Waals surface area contributed by atoms with E-state index in [4.69, 9.17) is 11.6 Å². The smallest absolute Gasteiger partial charge is 0.237 e. The van der Waals surface area contributed by atoms with Gasteiger partial charge in [-0.05, 0) is 50.1 Å². The lowest BCUT2D eigenvalue weighted by Gasteiger charge is -2.13. The van der Waals surface area contributed by atoms with Crippen LogP contribution in [0.5, 0.6) is 0 Å². The van der Waals surface area contributed by atoms with Crippen LogP contribution in [0.4, 0.5) is 5.69 Å². The van der Waals surface area contributed by atoms with Crippen LogP contribution in [-0.4, -0.2) is 30.9 Å². The molecule has 138 valence electrons. The van der Waals surface area contributed by atoms with Crippen molar-refractivity contribution < 1.29 is 4.79 Å². The topological polar surface area (TPSA) is 72.7 Å². The summed E-state index contributed by atoms with van der Waals surface area (Å²) < 4.78 is 2.14. The highest BCUT2D eigenvalue weighted by atomic mass is 35.5. The minimum absolute atomic E-state index is 0.0990. The van der Waals surface area contributed by atoms with Gasteiger partial charge in [0.2, 0.25) is 5.91 Å². The molecular weight excluding hydrogens is 382 g/mol. The first kappa shape index (κ1) is 18.0. The first-order valence-corrected chi connectivity index (χ1v) is 9.96. The van der Waals surface area contributed by atoms with Gasteiger partial charge in [0.25, 0.3) is 0 Å². The Balaban J connectivity index is 1.52. The molecule has 8 heteroatoms. The fraction of sp³-hybridized carbons (Fsp3) is 0.263. The predicted molar refractivity (Wildman–Crippen MR) is 107 cm³/mol. The number of benzene rings is 1. The predicted octanol–water partition coefficient (Wildman–Crippen LogP) is 4.45. The minimum atomic E-state index is -0.323. The molecule has 1 N–H and O–H groups in total. The van der Waals surface area contributed by atoms with Crippen LogP contribution in [-0.2, 0) is 4.79 Å². The van der Waals surface area contributed by atoms with Crippen LogP contribution in [0, 0.1) is 0 Å². The molecular formula is C19H18ClN5OS. The Labute approximate surface area is 166 Å². The number of hydrogen-bond acceptors (Lipinski definition) is 5. The van der Waals surface area contributed by atoms with Gasteiger partial charge in [-0.2, -0.15) is 0 Å². The molecule has 1 aliphatic carbocycles. The van der Waals surface area contributed by atoms with Gasteiger partial charge in [-0.25, -0.2) is 0 Å². The Bertz CT molecular complexity index is 958. The fourth-order valence-corrected chi connectivity index (χ4v) is 3.85. The van der Waals surface area contributed by atoms with E-state index in [0.29, 0.717) is 16.8 Å². The van der Waals surface area contributed by atoms with E-state index in [1.165, 1.54) is 11.8 Å². The lowest BCUT2D eigenvalue weighted by molar-refractivity contribution is -0.115. The highest BCUT2D eigenvalue weighted by Crippen LogP contribution is 2.41. The maximum atomic E-state index is 12.6. The molecule has 1 aliphatic rings. The van der Waals surface area contributed by atoms with Crippen molar-refractivity contribution in [3.8, 4) is 11.4 Å². The van der Waals surface area contributed by atoms with Gasteiger partial charge in [-0.3, -0.25) is 14.3 Å². The second kappa shape index (κ2) is 7.70. The normalized spacial score (nSPS) is 14.7. The zero-order valence-electron chi connectivity index (χ0n) is 14.7. The molecule has 0 aliphatic heterocycles. The van der Waals surface area contributed by atoms with Crippen LogP contribution in [0.2, 0.25) is 5.02 Å². The molecule has 3 aromatic rings. The summed E-state index contributed by atoms with van der Waals surface area (Å²) >= 11 is 7.39. The SMILES string of the molecule is C[C@H](Sc1nnc(-c2ccncc2)n1C1CC1)C(=O)Nc1cccc(Cl)c1. The summed E-state index contributed by atoms with van der Waals surface area (Å²) in [6, 6.07) is 11.4. The quantitative estimate of drug-likeness (QED) is 0.620. The van der Waals surface area contributed by atoms with Crippen LogP contribution in [0.3, 0.4) is 0 Å². The summed E-state index contributed by atoms with van der Waals surface area (Å²) in [4.78, 5) is 16.6. The Morgan fingerprint density at radius 3 is 2.74 bits per heavy atom. The van der Waals surface area contributed by atoms with Gasteiger partial charge in [0.1, 0.15) is 0 Å². The average Bonchev–Trinajstić information content (AvgIpc) is 3.42. The molecule has 1 amide bonds. The fourth-order valence-electron chi connectivity index (χ4n) is 2.74. The van der Waals surface area contributed by atoms with Crippen molar-refractivity contribution in [3.05, 3.63) is 53.8 Å². The number of aromatic nitrogens is 4. The number of amides is 1. The van der Waals surface area contributed by atoms with Gasteiger partial charge < -0.3 is 5.32 Å². The minimum Gasteiger partial charge on any atom is -0.325 e. The zero-order chi connectivity index (χ0) is 18.8. The Morgan fingerprint density at radius 1 is 1.26 bits per heavy atom. The number of hydrogen-bond donors (Lipinski definition) is 1. The van der Waals surface area contributed by atoms with E-state index in [1.807, 2.05) is 25.1 Å². The van der Waals surface area contributed by atoms with Crippen molar-refractivity contribution in [2.45, 2.75) is 36.2 Å². The molecule has 1 atom stereocenters.